The van der Waals surface area contributed by atoms with E-state index >= 15 is 0 Å². The normalized spacial score (nSPS) is 21.0. The van der Waals surface area contributed by atoms with Crippen molar-refractivity contribution in [2.24, 2.45) is 0 Å². The monoisotopic (exact) mass is 375 g/mol. The standard InChI is InChI=1S/C19H25N3O3S/c1-2-21-17-10-12-25-13-16(17)19(20-21)18-9-6-11-22(18)26(23,24)14-15-7-4-3-5-8-15/h3-5,7-8,18H,2,6,9-14H2,1H3. The summed E-state index contributed by atoms with van der Waals surface area (Å²) in [5.74, 6) is 0.0392. The number of benzene rings is 1. The van der Waals surface area contributed by atoms with E-state index in [4.69, 9.17) is 9.84 Å². The predicted molar refractivity (Wildman–Crippen MR) is 99.0 cm³/mol. The van der Waals surface area contributed by atoms with Crippen molar-refractivity contribution >= 4 is 10.0 Å². The van der Waals surface area contributed by atoms with Crippen LogP contribution in [0.5, 0.6) is 0 Å². The Bertz CT molecular complexity index is 877. The molecule has 0 amide bonds. The van der Waals surface area contributed by atoms with Gasteiger partial charge in [-0.3, -0.25) is 4.68 Å². The fourth-order valence-corrected chi connectivity index (χ4v) is 5.86. The Morgan fingerprint density at radius 2 is 2.08 bits per heavy atom. The van der Waals surface area contributed by atoms with Gasteiger partial charge in [-0.25, -0.2) is 8.42 Å². The van der Waals surface area contributed by atoms with E-state index in [0.29, 0.717) is 19.8 Å². The number of aryl methyl sites for hydroxylation is 1. The van der Waals surface area contributed by atoms with Gasteiger partial charge in [-0.15, -0.1) is 0 Å². The van der Waals surface area contributed by atoms with E-state index in [0.717, 1.165) is 42.6 Å². The molecule has 6 nitrogen and oxygen atoms in total. The quantitative estimate of drug-likeness (QED) is 0.806. The summed E-state index contributed by atoms with van der Waals surface area (Å²) in [6, 6.07) is 9.21. The van der Waals surface area contributed by atoms with Gasteiger partial charge >= 0.3 is 0 Å². The summed E-state index contributed by atoms with van der Waals surface area (Å²) in [6.45, 7) is 4.68. The molecule has 140 valence electrons. The second kappa shape index (κ2) is 7.13. The number of sulfonamides is 1. The van der Waals surface area contributed by atoms with Gasteiger partial charge in [0.1, 0.15) is 0 Å². The van der Waals surface area contributed by atoms with E-state index in [2.05, 4.69) is 6.92 Å². The molecule has 2 aliphatic heterocycles. The van der Waals surface area contributed by atoms with E-state index in [-0.39, 0.29) is 11.8 Å². The van der Waals surface area contributed by atoms with Gasteiger partial charge in [0.15, 0.2) is 0 Å². The van der Waals surface area contributed by atoms with Crippen LogP contribution in [0.25, 0.3) is 0 Å². The van der Waals surface area contributed by atoms with Crippen LogP contribution in [0, 0.1) is 0 Å². The van der Waals surface area contributed by atoms with Crippen molar-refractivity contribution in [1.29, 1.82) is 0 Å². The maximum atomic E-state index is 13.1. The first-order chi connectivity index (χ1) is 12.6. The highest BCUT2D eigenvalue weighted by molar-refractivity contribution is 7.88. The molecule has 0 bridgehead atoms. The van der Waals surface area contributed by atoms with Crippen molar-refractivity contribution in [3.8, 4) is 0 Å². The summed E-state index contributed by atoms with van der Waals surface area (Å²) >= 11 is 0. The van der Waals surface area contributed by atoms with E-state index in [1.54, 1.807) is 4.31 Å². The molecule has 1 unspecified atom stereocenters. The largest absolute Gasteiger partial charge is 0.376 e. The van der Waals surface area contributed by atoms with Gasteiger partial charge in [-0.1, -0.05) is 30.3 Å². The molecule has 2 aliphatic rings. The molecule has 2 aromatic rings. The van der Waals surface area contributed by atoms with Crippen LogP contribution in [0.3, 0.4) is 0 Å². The number of aromatic nitrogens is 2. The molecule has 1 aromatic heterocycles. The summed E-state index contributed by atoms with van der Waals surface area (Å²) < 4.78 is 35.5. The van der Waals surface area contributed by atoms with Gasteiger partial charge in [0.2, 0.25) is 10.0 Å². The fourth-order valence-electron chi connectivity index (χ4n) is 4.08. The van der Waals surface area contributed by atoms with Gasteiger partial charge in [-0.05, 0) is 25.3 Å². The summed E-state index contributed by atoms with van der Waals surface area (Å²) in [6.07, 6.45) is 2.54. The van der Waals surface area contributed by atoms with Crippen LogP contribution in [-0.4, -0.2) is 35.7 Å². The van der Waals surface area contributed by atoms with Crippen LogP contribution in [-0.2, 0) is 40.1 Å². The lowest BCUT2D eigenvalue weighted by Crippen LogP contribution is -2.32. The molecular weight excluding hydrogens is 350 g/mol. The van der Waals surface area contributed by atoms with Crippen molar-refractivity contribution in [2.75, 3.05) is 13.2 Å². The number of rotatable bonds is 5. The van der Waals surface area contributed by atoms with Gasteiger partial charge in [0.25, 0.3) is 0 Å². The SMILES string of the molecule is CCn1nc(C2CCCN2S(=O)(=O)Cc2ccccc2)c2c1CCOC2. The first-order valence-electron chi connectivity index (χ1n) is 9.30. The third-order valence-corrected chi connectivity index (χ3v) is 7.14. The van der Waals surface area contributed by atoms with E-state index in [1.165, 1.54) is 5.69 Å². The van der Waals surface area contributed by atoms with E-state index in [1.807, 2.05) is 35.0 Å². The summed E-state index contributed by atoms with van der Waals surface area (Å²) in [5, 5.41) is 4.79. The molecule has 1 fully saturated rings. The number of nitrogens with zero attached hydrogens (tertiary/aromatic N) is 3. The number of hydrogen-bond donors (Lipinski definition) is 0. The average molecular weight is 375 g/mol. The average Bonchev–Trinajstić information content (AvgIpc) is 3.27. The molecule has 1 saturated heterocycles. The van der Waals surface area contributed by atoms with Crippen LogP contribution in [0.2, 0.25) is 0 Å². The first-order valence-corrected chi connectivity index (χ1v) is 10.9. The molecule has 1 atom stereocenters. The Hall–Kier alpha value is -1.70. The second-order valence-electron chi connectivity index (χ2n) is 6.94. The Balaban J connectivity index is 1.66. The fraction of sp³-hybridized carbons (Fsp3) is 0.526. The highest BCUT2D eigenvalue weighted by atomic mass is 32.2. The smallest absolute Gasteiger partial charge is 0.218 e. The van der Waals surface area contributed by atoms with Crippen LogP contribution in [0.15, 0.2) is 30.3 Å². The van der Waals surface area contributed by atoms with Crippen molar-refractivity contribution in [1.82, 2.24) is 14.1 Å². The topological polar surface area (TPSA) is 64.4 Å². The van der Waals surface area contributed by atoms with Crippen molar-refractivity contribution in [3.05, 3.63) is 52.8 Å². The van der Waals surface area contributed by atoms with Crippen molar-refractivity contribution in [3.63, 3.8) is 0 Å². The zero-order valence-electron chi connectivity index (χ0n) is 15.1. The molecule has 0 spiro atoms. The summed E-state index contributed by atoms with van der Waals surface area (Å²) in [7, 11) is -3.39. The molecule has 26 heavy (non-hydrogen) atoms. The Morgan fingerprint density at radius 3 is 2.85 bits per heavy atom. The number of hydrogen-bond acceptors (Lipinski definition) is 4. The van der Waals surface area contributed by atoms with Crippen molar-refractivity contribution in [2.45, 2.75) is 51.1 Å². The maximum Gasteiger partial charge on any atom is 0.218 e. The van der Waals surface area contributed by atoms with Gasteiger partial charge in [0.05, 0.1) is 30.7 Å². The lowest BCUT2D eigenvalue weighted by atomic mass is 10.0. The Morgan fingerprint density at radius 1 is 1.27 bits per heavy atom. The minimum atomic E-state index is -3.39. The summed E-state index contributed by atoms with van der Waals surface area (Å²) in [5.41, 5.74) is 4.03. The maximum absolute atomic E-state index is 13.1. The molecule has 1 aromatic carbocycles. The van der Waals surface area contributed by atoms with Crippen LogP contribution < -0.4 is 0 Å². The van der Waals surface area contributed by atoms with Crippen LogP contribution in [0.1, 0.15) is 48.3 Å². The first kappa shape index (κ1) is 17.7. The molecule has 3 heterocycles. The zero-order valence-corrected chi connectivity index (χ0v) is 15.9. The van der Waals surface area contributed by atoms with E-state index < -0.39 is 10.0 Å². The van der Waals surface area contributed by atoms with Gasteiger partial charge in [-0.2, -0.15) is 9.40 Å². The lowest BCUT2D eigenvalue weighted by molar-refractivity contribution is 0.107. The second-order valence-corrected chi connectivity index (χ2v) is 8.86. The van der Waals surface area contributed by atoms with E-state index in [9.17, 15) is 8.42 Å². The highest BCUT2D eigenvalue weighted by Crippen LogP contribution is 2.38. The summed E-state index contributed by atoms with van der Waals surface area (Å²) in [4.78, 5) is 0. The molecular formula is C19H25N3O3S. The highest BCUT2D eigenvalue weighted by Gasteiger charge is 2.39. The molecule has 4 rings (SSSR count). The Kier molecular flexibility index (Phi) is 4.86. The minimum Gasteiger partial charge on any atom is -0.376 e. The number of fused-ring (bicyclic) bond motifs is 1. The molecule has 0 saturated carbocycles. The number of ether oxygens (including phenoxy) is 1. The third kappa shape index (κ3) is 3.19. The molecule has 7 heteroatoms. The zero-order chi connectivity index (χ0) is 18.1. The van der Waals surface area contributed by atoms with Crippen LogP contribution in [0.4, 0.5) is 0 Å². The van der Waals surface area contributed by atoms with Crippen molar-refractivity contribution < 1.29 is 13.2 Å². The van der Waals surface area contributed by atoms with Gasteiger partial charge < -0.3 is 4.74 Å². The Labute approximate surface area is 154 Å². The lowest BCUT2D eigenvalue weighted by Gasteiger charge is -2.24. The predicted octanol–water partition coefficient (Wildman–Crippen LogP) is 2.64. The third-order valence-electron chi connectivity index (χ3n) is 5.30. The molecule has 0 N–H and O–H groups in total. The molecule has 0 aliphatic carbocycles. The van der Waals surface area contributed by atoms with Crippen LogP contribution >= 0.6 is 0 Å². The molecule has 0 radical (unpaired) electrons. The minimum absolute atomic E-state index is 0.0392. The van der Waals surface area contributed by atoms with Gasteiger partial charge in [0, 0.05) is 30.8 Å².